The van der Waals surface area contributed by atoms with Crippen molar-refractivity contribution in [1.82, 2.24) is 9.62 Å². The summed E-state index contributed by atoms with van der Waals surface area (Å²) in [5, 5.41) is 0. The Hall–Kier alpha value is -2.18. The van der Waals surface area contributed by atoms with Crippen LogP contribution in [0.5, 0.6) is 0 Å². The normalized spacial score (nSPS) is 20.0. The van der Waals surface area contributed by atoms with E-state index in [0.29, 0.717) is 25.8 Å². The van der Waals surface area contributed by atoms with E-state index in [1.165, 1.54) is 6.26 Å². The monoisotopic (exact) mass is 386 g/mol. The summed E-state index contributed by atoms with van der Waals surface area (Å²) in [7, 11) is -3.33. The van der Waals surface area contributed by atoms with Crippen LogP contribution < -0.4 is 4.72 Å². The zero-order valence-electron chi connectivity index (χ0n) is 15.8. The second-order valence-corrected chi connectivity index (χ2v) is 8.84. The van der Waals surface area contributed by atoms with Crippen LogP contribution >= 0.6 is 0 Å². The lowest BCUT2D eigenvalue weighted by atomic mass is 9.97. The van der Waals surface area contributed by atoms with Crippen molar-refractivity contribution < 1.29 is 13.2 Å². The highest BCUT2D eigenvalue weighted by atomic mass is 32.2. The van der Waals surface area contributed by atoms with Gasteiger partial charge in [0, 0.05) is 19.0 Å². The molecule has 1 aliphatic rings. The first-order valence-electron chi connectivity index (χ1n) is 9.28. The van der Waals surface area contributed by atoms with E-state index in [-0.39, 0.29) is 18.0 Å². The standard InChI is InChI=1S/C21H26N2O3S/c1-3-21(24)23-13-12-19(22-27(2,25)26)20(23)15-16-8-7-11-18(14-16)17-9-5-4-6-10-17/h4-11,14,19-20,22H,3,12-13,15H2,1-2H3/t19-,20-/m0/s1. The van der Waals surface area contributed by atoms with E-state index in [2.05, 4.69) is 29.0 Å². The molecule has 1 heterocycles. The molecule has 2 aromatic carbocycles. The first-order chi connectivity index (χ1) is 12.9. The van der Waals surface area contributed by atoms with Crippen LogP contribution in [0.25, 0.3) is 11.1 Å². The number of rotatable bonds is 6. The molecule has 2 aromatic rings. The SMILES string of the molecule is CCC(=O)N1CC[C@H](NS(C)(=O)=O)[C@@H]1Cc1cccc(-c2ccccc2)c1. The van der Waals surface area contributed by atoms with Gasteiger partial charge in [-0.3, -0.25) is 4.79 Å². The summed E-state index contributed by atoms with van der Waals surface area (Å²) in [5.41, 5.74) is 3.35. The van der Waals surface area contributed by atoms with Gasteiger partial charge in [0.05, 0.1) is 12.3 Å². The Balaban J connectivity index is 1.86. The summed E-state index contributed by atoms with van der Waals surface area (Å²) in [4.78, 5) is 14.2. The van der Waals surface area contributed by atoms with Gasteiger partial charge in [0.1, 0.15) is 0 Å². The van der Waals surface area contributed by atoms with E-state index >= 15 is 0 Å². The van der Waals surface area contributed by atoms with Crippen LogP contribution in [0.1, 0.15) is 25.3 Å². The highest BCUT2D eigenvalue weighted by Crippen LogP contribution is 2.26. The van der Waals surface area contributed by atoms with Crippen molar-refractivity contribution in [2.45, 2.75) is 38.3 Å². The molecule has 0 bridgehead atoms. The van der Waals surface area contributed by atoms with Crippen LogP contribution in [-0.2, 0) is 21.2 Å². The molecule has 0 aromatic heterocycles. The van der Waals surface area contributed by atoms with Crippen molar-refractivity contribution in [2.75, 3.05) is 12.8 Å². The second kappa shape index (κ2) is 8.23. The van der Waals surface area contributed by atoms with E-state index in [9.17, 15) is 13.2 Å². The molecule has 1 saturated heterocycles. The Morgan fingerprint density at radius 2 is 1.81 bits per heavy atom. The Morgan fingerprint density at radius 3 is 2.48 bits per heavy atom. The lowest BCUT2D eigenvalue weighted by molar-refractivity contribution is -0.131. The Bertz CT molecular complexity index is 897. The molecule has 0 aliphatic carbocycles. The largest absolute Gasteiger partial charge is 0.338 e. The number of nitrogens with one attached hydrogen (secondary N) is 1. The number of hydrogen-bond donors (Lipinski definition) is 1. The highest BCUT2D eigenvalue weighted by Gasteiger charge is 2.37. The van der Waals surface area contributed by atoms with Gasteiger partial charge in [0.25, 0.3) is 0 Å². The molecule has 144 valence electrons. The van der Waals surface area contributed by atoms with E-state index in [0.717, 1.165) is 16.7 Å². The second-order valence-electron chi connectivity index (χ2n) is 7.06. The summed E-state index contributed by atoms with van der Waals surface area (Å²) in [6, 6.07) is 17.9. The highest BCUT2D eigenvalue weighted by molar-refractivity contribution is 7.88. The Kier molecular flexibility index (Phi) is 5.97. The number of hydrogen-bond acceptors (Lipinski definition) is 3. The molecule has 1 aliphatic heterocycles. The third-order valence-electron chi connectivity index (χ3n) is 5.01. The number of carbonyl (C=O) groups is 1. The molecule has 5 nitrogen and oxygen atoms in total. The lowest BCUT2D eigenvalue weighted by Crippen LogP contribution is -2.47. The molecular formula is C21H26N2O3S. The molecule has 1 N–H and O–H groups in total. The minimum atomic E-state index is -3.33. The van der Waals surface area contributed by atoms with Crippen LogP contribution in [0.2, 0.25) is 0 Å². The van der Waals surface area contributed by atoms with Gasteiger partial charge in [-0.2, -0.15) is 0 Å². The van der Waals surface area contributed by atoms with Crippen LogP contribution in [0.4, 0.5) is 0 Å². The topological polar surface area (TPSA) is 66.5 Å². The van der Waals surface area contributed by atoms with Crippen molar-refractivity contribution in [1.29, 1.82) is 0 Å². The molecule has 1 fully saturated rings. The van der Waals surface area contributed by atoms with E-state index in [1.807, 2.05) is 42.2 Å². The molecule has 6 heteroatoms. The maximum Gasteiger partial charge on any atom is 0.222 e. The van der Waals surface area contributed by atoms with E-state index in [1.54, 1.807) is 0 Å². The fourth-order valence-electron chi connectivity index (χ4n) is 3.78. The predicted octanol–water partition coefficient (Wildman–Crippen LogP) is 2.82. The van der Waals surface area contributed by atoms with Gasteiger partial charge in [-0.25, -0.2) is 13.1 Å². The maximum absolute atomic E-state index is 12.4. The molecular weight excluding hydrogens is 360 g/mol. The lowest BCUT2D eigenvalue weighted by Gasteiger charge is -2.28. The van der Waals surface area contributed by atoms with Crippen molar-refractivity contribution in [3.8, 4) is 11.1 Å². The fraction of sp³-hybridized carbons (Fsp3) is 0.381. The van der Waals surface area contributed by atoms with E-state index < -0.39 is 10.0 Å². The predicted molar refractivity (Wildman–Crippen MR) is 108 cm³/mol. The van der Waals surface area contributed by atoms with Gasteiger partial charge >= 0.3 is 0 Å². The van der Waals surface area contributed by atoms with Crippen molar-refractivity contribution >= 4 is 15.9 Å². The summed E-state index contributed by atoms with van der Waals surface area (Å²) < 4.78 is 26.2. The van der Waals surface area contributed by atoms with Gasteiger partial charge in [0.15, 0.2) is 0 Å². The minimum Gasteiger partial charge on any atom is -0.338 e. The molecule has 2 atom stereocenters. The van der Waals surface area contributed by atoms with Gasteiger partial charge < -0.3 is 4.90 Å². The Labute approximate surface area is 161 Å². The van der Waals surface area contributed by atoms with E-state index in [4.69, 9.17) is 0 Å². The van der Waals surface area contributed by atoms with Crippen LogP contribution in [-0.4, -0.2) is 44.1 Å². The van der Waals surface area contributed by atoms with Crippen molar-refractivity contribution in [2.24, 2.45) is 0 Å². The third-order valence-corrected chi connectivity index (χ3v) is 5.74. The smallest absolute Gasteiger partial charge is 0.222 e. The summed E-state index contributed by atoms with van der Waals surface area (Å²) in [5.74, 6) is 0.0667. The summed E-state index contributed by atoms with van der Waals surface area (Å²) in [6.07, 6.45) is 2.86. The zero-order chi connectivity index (χ0) is 19.4. The molecule has 3 rings (SSSR count). The van der Waals surface area contributed by atoms with Crippen LogP contribution in [0.3, 0.4) is 0 Å². The average Bonchev–Trinajstić information content (AvgIpc) is 3.02. The Morgan fingerprint density at radius 1 is 1.11 bits per heavy atom. The van der Waals surface area contributed by atoms with Crippen LogP contribution in [0.15, 0.2) is 54.6 Å². The van der Waals surface area contributed by atoms with Gasteiger partial charge in [-0.15, -0.1) is 0 Å². The van der Waals surface area contributed by atoms with Gasteiger partial charge in [-0.1, -0.05) is 61.5 Å². The molecule has 27 heavy (non-hydrogen) atoms. The molecule has 0 unspecified atom stereocenters. The molecule has 0 spiro atoms. The summed E-state index contributed by atoms with van der Waals surface area (Å²) in [6.45, 7) is 2.43. The number of amides is 1. The van der Waals surface area contributed by atoms with Crippen LogP contribution in [0, 0.1) is 0 Å². The maximum atomic E-state index is 12.4. The molecule has 0 saturated carbocycles. The number of sulfonamides is 1. The first-order valence-corrected chi connectivity index (χ1v) is 11.2. The zero-order valence-corrected chi connectivity index (χ0v) is 16.6. The molecule has 1 amide bonds. The minimum absolute atomic E-state index is 0.0667. The number of carbonyl (C=O) groups excluding carboxylic acids is 1. The van der Waals surface area contributed by atoms with Crippen molar-refractivity contribution in [3.05, 3.63) is 60.2 Å². The van der Waals surface area contributed by atoms with Gasteiger partial charge in [-0.05, 0) is 29.5 Å². The number of nitrogens with zero attached hydrogens (tertiary/aromatic N) is 1. The van der Waals surface area contributed by atoms with Crippen molar-refractivity contribution in [3.63, 3.8) is 0 Å². The first kappa shape index (κ1) is 19.6. The third kappa shape index (κ3) is 4.96. The fourth-order valence-corrected chi connectivity index (χ4v) is 4.61. The average molecular weight is 387 g/mol. The number of likely N-dealkylation sites (tertiary alicyclic amines) is 1. The quantitative estimate of drug-likeness (QED) is 0.830. The number of benzene rings is 2. The summed E-state index contributed by atoms with van der Waals surface area (Å²) >= 11 is 0. The van der Waals surface area contributed by atoms with Gasteiger partial charge in [0.2, 0.25) is 15.9 Å². The molecule has 0 radical (unpaired) electrons.